The summed E-state index contributed by atoms with van der Waals surface area (Å²) < 4.78 is 7.66. The van der Waals surface area contributed by atoms with Crippen molar-refractivity contribution in [1.82, 2.24) is 14.7 Å². The maximum atomic E-state index is 14.2. The highest BCUT2D eigenvalue weighted by molar-refractivity contribution is 6.39. The molecule has 0 saturated carbocycles. The van der Waals surface area contributed by atoms with Crippen molar-refractivity contribution in [3.05, 3.63) is 154 Å². The van der Waals surface area contributed by atoms with Gasteiger partial charge in [-0.05, 0) is 80.1 Å². The number of nitrogens with one attached hydrogen (secondary N) is 1. The molecule has 7 nitrogen and oxygen atoms in total. The number of hydrogen-bond donors (Lipinski definition) is 1. The maximum Gasteiger partial charge on any atom is 0.410 e. The lowest BCUT2D eigenvalue weighted by molar-refractivity contribution is -0.121. The molecule has 7 rings (SSSR count). The largest absolute Gasteiger partial charge is 0.444 e. The van der Waals surface area contributed by atoms with E-state index in [1.54, 1.807) is 4.90 Å². The molecule has 264 valence electrons. The minimum absolute atomic E-state index is 0.217. The molecule has 5 aromatic carbocycles. The van der Waals surface area contributed by atoms with Crippen LogP contribution >= 0.6 is 23.2 Å². The predicted molar refractivity (Wildman–Crippen MR) is 209 cm³/mol. The van der Waals surface area contributed by atoms with Gasteiger partial charge in [0, 0.05) is 34.1 Å². The van der Waals surface area contributed by atoms with Crippen molar-refractivity contribution < 1.29 is 14.3 Å². The van der Waals surface area contributed by atoms with E-state index < -0.39 is 23.2 Å². The number of fused-ring (bicyclic) bond motifs is 1. The zero-order valence-electron chi connectivity index (χ0n) is 29.4. The van der Waals surface area contributed by atoms with Crippen molar-refractivity contribution in [2.24, 2.45) is 5.92 Å². The summed E-state index contributed by atoms with van der Waals surface area (Å²) in [5.41, 5.74) is 3.68. The Labute approximate surface area is 314 Å². The molecule has 0 bridgehead atoms. The molecular formula is C43H40Cl2N4O3. The van der Waals surface area contributed by atoms with Gasteiger partial charge in [0.1, 0.15) is 11.1 Å². The van der Waals surface area contributed by atoms with E-state index >= 15 is 0 Å². The quantitative estimate of drug-likeness (QED) is 0.166. The Kier molecular flexibility index (Phi) is 9.84. The number of piperidine rings is 1. The van der Waals surface area contributed by atoms with Gasteiger partial charge in [-0.2, -0.15) is 5.10 Å². The average Bonchev–Trinajstić information content (AvgIpc) is 3.50. The monoisotopic (exact) mass is 730 g/mol. The Morgan fingerprint density at radius 1 is 0.769 bits per heavy atom. The molecule has 0 radical (unpaired) electrons. The third-order valence-corrected chi connectivity index (χ3v) is 10.1. The molecule has 9 heteroatoms. The summed E-state index contributed by atoms with van der Waals surface area (Å²) in [5.74, 6) is -0.276. The van der Waals surface area contributed by atoms with Gasteiger partial charge in [0.05, 0.1) is 11.4 Å². The van der Waals surface area contributed by atoms with E-state index in [1.807, 2.05) is 116 Å². The Balaban J connectivity index is 1.42. The number of rotatable bonds is 7. The predicted octanol–water partition coefficient (Wildman–Crippen LogP) is 10.4. The van der Waals surface area contributed by atoms with Gasteiger partial charge in [0.25, 0.3) is 0 Å². The van der Waals surface area contributed by atoms with Crippen LogP contribution in [0, 0.1) is 5.92 Å². The summed E-state index contributed by atoms with van der Waals surface area (Å²) in [4.78, 5) is 28.8. The van der Waals surface area contributed by atoms with Crippen molar-refractivity contribution in [2.75, 3.05) is 18.4 Å². The normalized spacial score (nSPS) is 15.0. The molecule has 1 N–H and O–H groups in total. The highest BCUT2D eigenvalue weighted by Crippen LogP contribution is 2.45. The van der Waals surface area contributed by atoms with Gasteiger partial charge in [-0.15, -0.1) is 0 Å². The summed E-state index contributed by atoms with van der Waals surface area (Å²) in [5, 5.41) is 10.3. The van der Waals surface area contributed by atoms with Crippen molar-refractivity contribution in [3.8, 4) is 11.1 Å². The van der Waals surface area contributed by atoms with E-state index in [2.05, 4.69) is 41.7 Å². The van der Waals surface area contributed by atoms with Crippen LogP contribution in [0.5, 0.6) is 0 Å². The highest BCUT2D eigenvalue weighted by Gasteiger charge is 2.41. The first-order valence-corrected chi connectivity index (χ1v) is 18.2. The van der Waals surface area contributed by atoms with E-state index in [4.69, 9.17) is 33.0 Å². The second-order valence-corrected chi connectivity index (χ2v) is 15.0. The molecule has 6 aromatic rings. The molecule has 1 atom stereocenters. The zero-order chi connectivity index (χ0) is 36.5. The molecule has 0 spiro atoms. The summed E-state index contributed by atoms with van der Waals surface area (Å²) in [6, 6.07) is 42.3. The third-order valence-electron chi connectivity index (χ3n) is 9.51. The Hall–Kier alpha value is -5.11. The lowest BCUT2D eigenvalue weighted by Gasteiger charge is -2.37. The Morgan fingerprint density at radius 3 is 1.87 bits per heavy atom. The second kappa shape index (κ2) is 14.5. The van der Waals surface area contributed by atoms with Gasteiger partial charge in [-0.1, -0.05) is 126 Å². The van der Waals surface area contributed by atoms with Gasteiger partial charge in [-0.3, -0.25) is 4.79 Å². The van der Waals surface area contributed by atoms with Crippen LogP contribution in [0.3, 0.4) is 0 Å². The van der Waals surface area contributed by atoms with E-state index in [9.17, 15) is 9.59 Å². The standard InChI is InChI=1S/C43H40Cl2N4O3/c1-42(2,3)52-41(51)48-26-14-15-30(28-48)40(50)46-39-34-27-29(38-35(44)22-13-23-36(38)45)24-25-37(34)49(47-39)43(31-16-7-4-8-17-31,32-18-9-5-10-19-32)33-20-11-6-12-21-33/h4-13,16-25,27,30H,14-15,26,28H2,1-3H3,(H,46,47,50). The fourth-order valence-electron chi connectivity index (χ4n) is 7.20. The molecule has 1 fully saturated rings. The molecule has 1 aromatic heterocycles. The first kappa shape index (κ1) is 35.3. The Bertz CT molecular complexity index is 2100. The zero-order valence-corrected chi connectivity index (χ0v) is 30.9. The number of amides is 2. The topological polar surface area (TPSA) is 76.5 Å². The number of aromatic nitrogens is 2. The summed E-state index contributed by atoms with van der Waals surface area (Å²) >= 11 is 13.4. The molecular weight excluding hydrogens is 691 g/mol. The number of likely N-dealkylation sites (tertiary alicyclic amines) is 1. The van der Waals surface area contributed by atoms with Crippen LogP contribution in [0.1, 0.15) is 50.3 Å². The summed E-state index contributed by atoms with van der Waals surface area (Å²) in [7, 11) is 0. The number of anilines is 1. The van der Waals surface area contributed by atoms with Crippen LogP contribution in [0.25, 0.3) is 22.0 Å². The number of halogens is 2. The summed E-state index contributed by atoms with van der Waals surface area (Å²) in [6.07, 6.45) is 0.895. The van der Waals surface area contributed by atoms with Gasteiger partial charge < -0.3 is 15.0 Å². The van der Waals surface area contributed by atoms with Crippen molar-refractivity contribution in [1.29, 1.82) is 0 Å². The minimum Gasteiger partial charge on any atom is -0.444 e. The fourth-order valence-corrected chi connectivity index (χ4v) is 7.82. The number of ether oxygens (including phenoxy) is 1. The number of carbonyl (C=O) groups is 2. The van der Waals surface area contributed by atoms with Crippen LogP contribution in [0.4, 0.5) is 10.6 Å². The highest BCUT2D eigenvalue weighted by atomic mass is 35.5. The second-order valence-electron chi connectivity index (χ2n) is 14.2. The van der Waals surface area contributed by atoms with Crippen molar-refractivity contribution in [3.63, 3.8) is 0 Å². The fraction of sp³-hybridized carbons (Fsp3) is 0.233. The lowest BCUT2D eigenvalue weighted by Crippen LogP contribution is -2.45. The van der Waals surface area contributed by atoms with Crippen molar-refractivity contribution in [2.45, 2.75) is 44.8 Å². The number of benzene rings is 5. The molecule has 1 unspecified atom stereocenters. The molecule has 2 heterocycles. The van der Waals surface area contributed by atoms with Crippen molar-refractivity contribution >= 4 is 51.9 Å². The molecule has 1 aliphatic heterocycles. The van der Waals surface area contributed by atoms with Crippen LogP contribution in [-0.2, 0) is 15.1 Å². The van der Waals surface area contributed by atoms with E-state index in [0.717, 1.165) is 27.8 Å². The van der Waals surface area contributed by atoms with Gasteiger partial charge in [0.2, 0.25) is 5.91 Å². The first-order valence-electron chi connectivity index (χ1n) is 17.5. The Morgan fingerprint density at radius 2 is 1.33 bits per heavy atom. The van der Waals surface area contributed by atoms with E-state index in [-0.39, 0.29) is 12.5 Å². The molecule has 1 aliphatic rings. The number of hydrogen-bond acceptors (Lipinski definition) is 4. The maximum absolute atomic E-state index is 14.2. The number of carbonyl (C=O) groups excluding carboxylic acids is 2. The van der Waals surface area contributed by atoms with Gasteiger partial charge in [-0.25, -0.2) is 9.48 Å². The number of nitrogens with zero attached hydrogens (tertiary/aromatic N) is 3. The van der Waals surface area contributed by atoms with Gasteiger partial charge >= 0.3 is 6.09 Å². The summed E-state index contributed by atoms with van der Waals surface area (Å²) in [6.45, 7) is 6.30. The van der Waals surface area contributed by atoms with Crippen LogP contribution in [0.15, 0.2) is 127 Å². The SMILES string of the molecule is CC(C)(C)OC(=O)N1CCCC(C(=O)Nc2nn(C(c3ccccc3)(c3ccccc3)c3ccccc3)c3ccc(-c4c(Cl)cccc4Cl)cc23)C1. The van der Waals surface area contributed by atoms with Crippen LogP contribution < -0.4 is 5.32 Å². The van der Waals surface area contributed by atoms with E-state index in [0.29, 0.717) is 46.2 Å². The molecule has 1 saturated heterocycles. The lowest BCUT2D eigenvalue weighted by atomic mass is 9.77. The average molecular weight is 732 g/mol. The van der Waals surface area contributed by atoms with Gasteiger partial charge in [0.15, 0.2) is 5.82 Å². The first-order chi connectivity index (χ1) is 25.1. The minimum atomic E-state index is -0.938. The van der Waals surface area contributed by atoms with Crippen LogP contribution in [-0.4, -0.2) is 45.4 Å². The third kappa shape index (κ3) is 6.79. The molecule has 52 heavy (non-hydrogen) atoms. The molecule has 2 amide bonds. The van der Waals surface area contributed by atoms with Crippen LogP contribution in [0.2, 0.25) is 10.0 Å². The smallest absolute Gasteiger partial charge is 0.410 e. The van der Waals surface area contributed by atoms with E-state index in [1.165, 1.54) is 0 Å². The molecule has 0 aliphatic carbocycles.